The predicted molar refractivity (Wildman–Crippen MR) is 107 cm³/mol. The number of benzene rings is 3. The van der Waals surface area contributed by atoms with Crippen molar-refractivity contribution in [3.8, 4) is 22.9 Å². The second kappa shape index (κ2) is 6.53. The summed E-state index contributed by atoms with van der Waals surface area (Å²) in [7, 11) is 0. The number of carbonyl (C=O) groups excluding carboxylic acids is 2. The standard InChI is InChI=1S/C23H15N3O3/c1-14-6-5-9-17(12-14)26-22(27)18-11-10-16(13-19(18)23(26)28)21-25-24-20(29-21)15-7-3-2-4-8-15/h2-13H,1H3. The molecule has 0 spiro atoms. The Bertz CT molecular complexity index is 1260. The fraction of sp³-hybridized carbons (Fsp3) is 0.0435. The first-order valence-electron chi connectivity index (χ1n) is 9.10. The Hall–Kier alpha value is -4.06. The van der Waals surface area contributed by atoms with E-state index in [1.165, 1.54) is 4.90 Å². The molecule has 0 N–H and O–H groups in total. The molecule has 0 unspecified atom stereocenters. The third-order valence-electron chi connectivity index (χ3n) is 4.84. The largest absolute Gasteiger partial charge is 0.416 e. The fourth-order valence-corrected chi connectivity index (χ4v) is 3.41. The maximum atomic E-state index is 13.0. The van der Waals surface area contributed by atoms with Gasteiger partial charge in [0.2, 0.25) is 11.8 Å². The highest BCUT2D eigenvalue weighted by molar-refractivity contribution is 6.34. The van der Waals surface area contributed by atoms with E-state index >= 15 is 0 Å². The predicted octanol–water partition coefficient (Wildman–Crippen LogP) is 4.51. The quantitative estimate of drug-likeness (QED) is 0.488. The number of carbonyl (C=O) groups is 2. The zero-order valence-electron chi connectivity index (χ0n) is 15.5. The van der Waals surface area contributed by atoms with Crippen molar-refractivity contribution >= 4 is 17.5 Å². The van der Waals surface area contributed by atoms with E-state index in [9.17, 15) is 9.59 Å². The van der Waals surface area contributed by atoms with Gasteiger partial charge in [0.25, 0.3) is 11.8 Å². The fourth-order valence-electron chi connectivity index (χ4n) is 3.41. The van der Waals surface area contributed by atoms with Gasteiger partial charge in [-0.15, -0.1) is 10.2 Å². The first-order chi connectivity index (χ1) is 14.1. The summed E-state index contributed by atoms with van der Waals surface area (Å²) in [5, 5.41) is 8.18. The summed E-state index contributed by atoms with van der Waals surface area (Å²) in [5.41, 5.74) is 3.62. The Morgan fingerprint density at radius 2 is 1.45 bits per heavy atom. The number of fused-ring (bicyclic) bond motifs is 1. The summed E-state index contributed by atoms with van der Waals surface area (Å²) >= 11 is 0. The molecular weight excluding hydrogens is 366 g/mol. The molecular formula is C23H15N3O3. The van der Waals surface area contributed by atoms with Crippen molar-refractivity contribution in [3.63, 3.8) is 0 Å². The summed E-state index contributed by atoms with van der Waals surface area (Å²) in [4.78, 5) is 27.0. The van der Waals surface area contributed by atoms with Crippen molar-refractivity contribution in [2.45, 2.75) is 6.92 Å². The van der Waals surface area contributed by atoms with Crippen LogP contribution >= 0.6 is 0 Å². The number of imide groups is 1. The molecule has 4 aromatic rings. The van der Waals surface area contributed by atoms with Crippen LogP contribution in [0, 0.1) is 6.92 Å². The Labute approximate surface area is 166 Å². The molecule has 0 atom stereocenters. The molecule has 140 valence electrons. The first-order valence-corrected chi connectivity index (χ1v) is 9.10. The molecule has 6 nitrogen and oxygen atoms in total. The highest BCUT2D eigenvalue weighted by atomic mass is 16.4. The molecule has 0 aliphatic carbocycles. The lowest BCUT2D eigenvalue weighted by atomic mass is 10.1. The molecule has 5 rings (SSSR count). The van der Waals surface area contributed by atoms with Gasteiger partial charge < -0.3 is 4.42 Å². The average molecular weight is 381 g/mol. The molecule has 0 saturated carbocycles. The molecule has 0 bridgehead atoms. The lowest BCUT2D eigenvalue weighted by Gasteiger charge is -2.14. The summed E-state index contributed by atoms with van der Waals surface area (Å²) in [5.74, 6) is -0.0105. The number of amides is 2. The SMILES string of the molecule is Cc1cccc(N2C(=O)c3ccc(-c4nnc(-c5ccccc5)o4)cc3C2=O)c1. The van der Waals surface area contributed by atoms with Crippen LogP contribution in [0.15, 0.2) is 77.2 Å². The van der Waals surface area contributed by atoms with Crippen LogP contribution in [0.25, 0.3) is 22.9 Å². The van der Waals surface area contributed by atoms with E-state index in [-0.39, 0.29) is 11.8 Å². The van der Waals surface area contributed by atoms with Gasteiger partial charge in [-0.25, -0.2) is 4.90 Å². The van der Waals surface area contributed by atoms with Gasteiger partial charge in [-0.1, -0.05) is 30.3 Å². The normalized spacial score (nSPS) is 13.1. The summed E-state index contributed by atoms with van der Waals surface area (Å²) in [6.45, 7) is 1.92. The smallest absolute Gasteiger partial charge is 0.266 e. The van der Waals surface area contributed by atoms with E-state index in [2.05, 4.69) is 10.2 Å². The molecule has 1 aliphatic rings. The topological polar surface area (TPSA) is 76.3 Å². The molecule has 0 radical (unpaired) electrons. The number of anilines is 1. The van der Waals surface area contributed by atoms with Gasteiger partial charge >= 0.3 is 0 Å². The van der Waals surface area contributed by atoms with Gasteiger partial charge in [-0.3, -0.25) is 9.59 Å². The Morgan fingerprint density at radius 3 is 2.21 bits per heavy atom. The van der Waals surface area contributed by atoms with E-state index in [1.54, 1.807) is 24.3 Å². The number of aryl methyl sites for hydroxylation is 1. The Kier molecular flexibility index (Phi) is 3.84. The van der Waals surface area contributed by atoms with Gasteiger partial charge in [0.1, 0.15) is 0 Å². The molecule has 0 saturated heterocycles. The number of hydrogen-bond acceptors (Lipinski definition) is 5. The molecule has 3 aromatic carbocycles. The van der Waals surface area contributed by atoms with Crippen molar-refractivity contribution in [2.75, 3.05) is 4.90 Å². The van der Waals surface area contributed by atoms with Crippen LogP contribution in [0.2, 0.25) is 0 Å². The molecule has 29 heavy (non-hydrogen) atoms. The van der Waals surface area contributed by atoms with Crippen LogP contribution in [0.1, 0.15) is 26.3 Å². The van der Waals surface area contributed by atoms with Crippen LogP contribution < -0.4 is 4.90 Å². The minimum absolute atomic E-state index is 0.293. The van der Waals surface area contributed by atoms with Crippen LogP contribution in [0.4, 0.5) is 5.69 Å². The van der Waals surface area contributed by atoms with Crippen LogP contribution in [-0.4, -0.2) is 22.0 Å². The number of rotatable bonds is 3. The van der Waals surface area contributed by atoms with Gasteiger partial charge in [0.05, 0.1) is 16.8 Å². The second-order valence-corrected chi connectivity index (χ2v) is 6.82. The third kappa shape index (κ3) is 2.82. The zero-order chi connectivity index (χ0) is 20.0. The molecule has 0 fully saturated rings. The summed E-state index contributed by atoms with van der Waals surface area (Å²) in [6, 6.07) is 21.7. The molecule has 1 aromatic heterocycles. The van der Waals surface area contributed by atoms with E-state index in [0.717, 1.165) is 11.1 Å². The van der Waals surface area contributed by atoms with Crippen molar-refractivity contribution in [1.29, 1.82) is 0 Å². The van der Waals surface area contributed by atoms with Crippen molar-refractivity contribution in [3.05, 3.63) is 89.5 Å². The first kappa shape index (κ1) is 17.1. The van der Waals surface area contributed by atoms with E-state index in [1.807, 2.05) is 55.5 Å². The van der Waals surface area contributed by atoms with E-state index in [0.29, 0.717) is 34.2 Å². The number of hydrogen-bond donors (Lipinski definition) is 0. The van der Waals surface area contributed by atoms with Crippen LogP contribution in [-0.2, 0) is 0 Å². The summed E-state index contributed by atoms with van der Waals surface area (Å²) in [6.07, 6.45) is 0. The third-order valence-corrected chi connectivity index (χ3v) is 4.84. The minimum atomic E-state index is -0.361. The second-order valence-electron chi connectivity index (χ2n) is 6.82. The lowest BCUT2D eigenvalue weighted by molar-refractivity contribution is 0.0926. The van der Waals surface area contributed by atoms with Crippen LogP contribution in [0.3, 0.4) is 0 Å². The van der Waals surface area contributed by atoms with E-state index in [4.69, 9.17) is 4.42 Å². The number of nitrogens with zero attached hydrogens (tertiary/aromatic N) is 3. The zero-order valence-corrected chi connectivity index (χ0v) is 15.5. The van der Waals surface area contributed by atoms with Gasteiger partial charge in [0, 0.05) is 11.1 Å². The lowest BCUT2D eigenvalue weighted by Crippen LogP contribution is -2.29. The van der Waals surface area contributed by atoms with Crippen molar-refractivity contribution < 1.29 is 14.0 Å². The molecule has 2 amide bonds. The molecule has 1 aliphatic heterocycles. The highest BCUT2D eigenvalue weighted by Gasteiger charge is 2.37. The van der Waals surface area contributed by atoms with Gasteiger partial charge in [0.15, 0.2) is 0 Å². The Balaban J connectivity index is 1.52. The average Bonchev–Trinajstić information content (AvgIpc) is 3.33. The maximum Gasteiger partial charge on any atom is 0.266 e. The Morgan fingerprint density at radius 1 is 0.724 bits per heavy atom. The number of aromatic nitrogens is 2. The monoisotopic (exact) mass is 381 g/mol. The maximum absolute atomic E-state index is 13.0. The van der Waals surface area contributed by atoms with E-state index < -0.39 is 0 Å². The van der Waals surface area contributed by atoms with Gasteiger partial charge in [-0.2, -0.15) is 0 Å². The molecule has 6 heteroatoms. The van der Waals surface area contributed by atoms with Crippen molar-refractivity contribution in [1.82, 2.24) is 10.2 Å². The minimum Gasteiger partial charge on any atom is -0.416 e. The molecule has 2 heterocycles. The van der Waals surface area contributed by atoms with Crippen LogP contribution in [0.5, 0.6) is 0 Å². The van der Waals surface area contributed by atoms with Gasteiger partial charge in [-0.05, 0) is 55.0 Å². The highest BCUT2D eigenvalue weighted by Crippen LogP contribution is 2.32. The van der Waals surface area contributed by atoms with Crippen molar-refractivity contribution in [2.24, 2.45) is 0 Å². The summed E-state index contributed by atoms with van der Waals surface area (Å²) < 4.78 is 5.77.